The van der Waals surface area contributed by atoms with Gasteiger partial charge in [-0.2, -0.15) is 0 Å². The number of benzene rings is 2. The molecule has 168 valence electrons. The molecule has 14 heteroatoms. The molecule has 2 aromatic carbocycles. The van der Waals surface area contributed by atoms with Gasteiger partial charge in [-0.1, -0.05) is 0 Å². The lowest BCUT2D eigenvalue weighted by Gasteiger charge is -2.25. The number of anilines is 2. The van der Waals surface area contributed by atoms with E-state index in [0.717, 1.165) is 18.2 Å². The van der Waals surface area contributed by atoms with E-state index in [9.17, 15) is 28.4 Å². The molecule has 0 saturated heterocycles. The van der Waals surface area contributed by atoms with E-state index in [-0.39, 0.29) is 27.8 Å². The molecular weight excluding hydrogens is 436 g/mol. The standard InChI is InChI=1S/C17H19N4O9S/c1-28-10-2-4-13(21(24)25)12(6-10)20-31(26,27)11-3-5-14(29-8-16(18)22)15(7-11)30-9-17(19)23/h2-7,20,24H,8-9H2,1H3,(H2,18,22)(H2,19,23)/q-1. The highest BCUT2D eigenvalue weighted by atomic mass is 32.2. The molecule has 2 rings (SSSR count). The van der Waals surface area contributed by atoms with Crippen molar-refractivity contribution in [2.75, 3.05) is 30.3 Å². The third-order valence-corrected chi connectivity index (χ3v) is 4.98. The number of nitrogens with zero attached hydrogens (tertiary/aromatic N) is 1. The molecule has 0 aliphatic rings. The van der Waals surface area contributed by atoms with Crippen LogP contribution in [0.4, 0.5) is 11.4 Å². The zero-order valence-corrected chi connectivity index (χ0v) is 16.9. The second-order valence-electron chi connectivity index (χ2n) is 5.88. The van der Waals surface area contributed by atoms with Gasteiger partial charge in [0, 0.05) is 12.1 Å². The zero-order valence-electron chi connectivity index (χ0n) is 16.1. The third kappa shape index (κ3) is 6.36. The number of amides is 2. The van der Waals surface area contributed by atoms with E-state index in [1.54, 1.807) is 0 Å². The summed E-state index contributed by atoms with van der Waals surface area (Å²) in [7, 11) is -3.00. The number of hydrogen-bond donors (Lipinski definition) is 4. The van der Waals surface area contributed by atoms with Crippen molar-refractivity contribution < 1.29 is 37.4 Å². The first-order chi connectivity index (χ1) is 14.5. The normalized spacial score (nSPS) is 10.8. The first-order valence-corrected chi connectivity index (χ1v) is 9.85. The van der Waals surface area contributed by atoms with Gasteiger partial charge < -0.3 is 36.1 Å². The fourth-order valence-electron chi connectivity index (χ4n) is 2.28. The molecule has 2 amide bonds. The number of carbonyl (C=O) groups excluding carboxylic acids is 2. The maximum atomic E-state index is 12.8. The van der Waals surface area contributed by atoms with Crippen LogP contribution in [0, 0.1) is 5.21 Å². The number of ether oxygens (including phenoxy) is 3. The Balaban J connectivity index is 2.42. The van der Waals surface area contributed by atoms with Crippen molar-refractivity contribution in [1.29, 1.82) is 0 Å². The van der Waals surface area contributed by atoms with Gasteiger partial charge in [-0.15, -0.1) is 0 Å². The molecule has 0 saturated carbocycles. The minimum Gasteiger partial charge on any atom is -0.733 e. The minimum absolute atomic E-state index is 0.0674. The maximum absolute atomic E-state index is 12.8. The quantitative estimate of drug-likeness (QED) is 0.331. The second-order valence-corrected chi connectivity index (χ2v) is 7.56. The number of nitrogens with one attached hydrogen (secondary N) is 1. The summed E-state index contributed by atoms with van der Waals surface area (Å²) in [6, 6.07) is 6.97. The van der Waals surface area contributed by atoms with Gasteiger partial charge in [0.25, 0.3) is 21.8 Å². The Morgan fingerprint density at radius 2 is 1.68 bits per heavy atom. The minimum atomic E-state index is -4.33. The summed E-state index contributed by atoms with van der Waals surface area (Å²) in [6.45, 7) is -1.13. The van der Waals surface area contributed by atoms with E-state index in [0.29, 0.717) is 0 Å². The van der Waals surface area contributed by atoms with Crippen LogP contribution in [0.25, 0.3) is 0 Å². The highest BCUT2D eigenvalue weighted by Gasteiger charge is 2.20. The molecule has 0 aliphatic carbocycles. The Labute approximate surface area is 176 Å². The molecule has 0 radical (unpaired) electrons. The van der Waals surface area contributed by atoms with Crippen LogP contribution in [-0.2, 0) is 19.6 Å². The number of hydrogen-bond acceptors (Lipinski definition) is 10. The highest BCUT2D eigenvalue weighted by molar-refractivity contribution is 7.92. The fraction of sp³-hybridized carbons (Fsp3) is 0.176. The van der Waals surface area contributed by atoms with E-state index in [1.807, 2.05) is 0 Å². The van der Waals surface area contributed by atoms with Crippen LogP contribution in [-0.4, -0.2) is 45.8 Å². The van der Waals surface area contributed by atoms with Crippen LogP contribution in [0.15, 0.2) is 41.3 Å². The molecule has 0 fully saturated rings. The Morgan fingerprint density at radius 1 is 1.06 bits per heavy atom. The lowest BCUT2D eigenvalue weighted by molar-refractivity contribution is -0.121. The first kappa shape index (κ1) is 23.5. The number of nitrogens with two attached hydrogens (primary N) is 2. The number of sulfonamides is 1. The number of rotatable bonds is 11. The molecule has 31 heavy (non-hydrogen) atoms. The SMILES string of the molecule is COc1ccc(N([O-])O)c(NS(=O)(=O)c2ccc(OCC(N)=O)c(OCC(N)=O)c2)c1. The first-order valence-electron chi connectivity index (χ1n) is 8.36. The van der Waals surface area contributed by atoms with Crippen LogP contribution in [0.1, 0.15) is 0 Å². The van der Waals surface area contributed by atoms with Gasteiger partial charge in [-0.25, -0.2) is 8.42 Å². The highest BCUT2D eigenvalue weighted by Crippen LogP contribution is 2.34. The Bertz CT molecular complexity index is 1070. The zero-order chi connectivity index (χ0) is 23.2. The Kier molecular flexibility index (Phi) is 7.47. The van der Waals surface area contributed by atoms with E-state index >= 15 is 0 Å². The number of carbonyl (C=O) groups is 2. The van der Waals surface area contributed by atoms with Crippen molar-refractivity contribution in [2.24, 2.45) is 11.5 Å². The Hall–Kier alpha value is -3.75. The van der Waals surface area contributed by atoms with Crippen molar-refractivity contribution in [1.82, 2.24) is 0 Å². The van der Waals surface area contributed by atoms with E-state index in [2.05, 4.69) is 4.72 Å². The van der Waals surface area contributed by atoms with Crippen LogP contribution in [0.2, 0.25) is 0 Å². The summed E-state index contributed by atoms with van der Waals surface area (Å²) in [4.78, 5) is 21.6. The van der Waals surface area contributed by atoms with Crippen molar-refractivity contribution in [2.45, 2.75) is 4.90 Å². The molecule has 6 N–H and O–H groups in total. The predicted molar refractivity (Wildman–Crippen MR) is 107 cm³/mol. The molecule has 0 bridgehead atoms. The molecular formula is C17H19N4O9S-. The van der Waals surface area contributed by atoms with Gasteiger partial charge in [0.15, 0.2) is 24.7 Å². The van der Waals surface area contributed by atoms with Gasteiger partial charge in [-0.05, 0) is 24.3 Å². The maximum Gasteiger partial charge on any atom is 0.262 e. The molecule has 13 nitrogen and oxygen atoms in total. The molecule has 0 aliphatic heterocycles. The van der Waals surface area contributed by atoms with Gasteiger partial charge in [0.1, 0.15) is 5.75 Å². The van der Waals surface area contributed by atoms with E-state index in [1.165, 1.54) is 25.3 Å². The average molecular weight is 455 g/mol. The van der Waals surface area contributed by atoms with Crippen molar-refractivity contribution in [3.05, 3.63) is 41.6 Å². The van der Waals surface area contributed by atoms with Crippen molar-refractivity contribution in [3.8, 4) is 17.2 Å². The van der Waals surface area contributed by atoms with Crippen LogP contribution < -0.4 is 35.6 Å². The summed E-state index contributed by atoms with van der Waals surface area (Å²) in [5.74, 6) is -1.70. The van der Waals surface area contributed by atoms with Gasteiger partial charge in [0.2, 0.25) is 0 Å². The molecule has 0 aromatic heterocycles. The average Bonchev–Trinajstić information content (AvgIpc) is 2.70. The predicted octanol–water partition coefficient (Wildman–Crippen LogP) is -0.0824. The molecule has 0 unspecified atom stereocenters. The summed E-state index contributed by atoms with van der Waals surface area (Å²) in [5.41, 5.74) is 9.38. The van der Waals surface area contributed by atoms with Gasteiger partial charge >= 0.3 is 0 Å². The third-order valence-electron chi connectivity index (χ3n) is 3.62. The van der Waals surface area contributed by atoms with Gasteiger partial charge in [0.05, 0.1) is 23.4 Å². The Morgan fingerprint density at radius 3 is 2.23 bits per heavy atom. The van der Waals surface area contributed by atoms with Crippen LogP contribution >= 0.6 is 0 Å². The molecule has 0 spiro atoms. The van der Waals surface area contributed by atoms with Crippen LogP contribution in [0.5, 0.6) is 17.2 Å². The number of primary amides is 2. The molecule has 0 atom stereocenters. The summed E-state index contributed by atoms with van der Waals surface area (Å²) in [6.07, 6.45) is 0. The smallest absolute Gasteiger partial charge is 0.262 e. The molecule has 2 aromatic rings. The van der Waals surface area contributed by atoms with E-state index in [4.69, 9.17) is 25.7 Å². The summed E-state index contributed by atoms with van der Waals surface area (Å²) < 4.78 is 43.1. The van der Waals surface area contributed by atoms with Gasteiger partial charge in [-0.3, -0.25) is 19.5 Å². The summed E-state index contributed by atoms with van der Waals surface area (Å²) in [5, 5.41) is 20.1. The monoisotopic (exact) mass is 455 g/mol. The lowest BCUT2D eigenvalue weighted by Crippen LogP contribution is -2.22. The number of methoxy groups -OCH3 is 1. The lowest BCUT2D eigenvalue weighted by atomic mass is 10.2. The topological polar surface area (TPSA) is 207 Å². The van der Waals surface area contributed by atoms with Crippen LogP contribution in [0.3, 0.4) is 0 Å². The van der Waals surface area contributed by atoms with Crippen molar-refractivity contribution in [3.63, 3.8) is 0 Å². The van der Waals surface area contributed by atoms with E-state index < -0.39 is 46.0 Å². The second kappa shape index (κ2) is 9.84. The summed E-state index contributed by atoms with van der Waals surface area (Å²) >= 11 is 0. The molecule has 0 heterocycles. The largest absolute Gasteiger partial charge is 0.733 e. The fourth-order valence-corrected chi connectivity index (χ4v) is 3.36. The van der Waals surface area contributed by atoms with Crippen molar-refractivity contribution >= 4 is 33.2 Å².